The Balaban J connectivity index is 3.32. The van der Waals surface area contributed by atoms with E-state index in [0.29, 0.717) is 0 Å². The van der Waals surface area contributed by atoms with Crippen LogP contribution in [0, 0.1) is 0 Å². The predicted molar refractivity (Wildman–Crippen MR) is 58.6 cm³/mol. The fraction of sp³-hybridized carbons (Fsp3) is 0.455. The van der Waals surface area contributed by atoms with Gasteiger partial charge in [0.25, 0.3) is 0 Å². The van der Waals surface area contributed by atoms with Crippen LogP contribution in [0.3, 0.4) is 0 Å². The van der Waals surface area contributed by atoms with E-state index in [4.69, 9.17) is 15.2 Å². The van der Waals surface area contributed by atoms with E-state index >= 15 is 0 Å². The molecule has 102 valence electrons. The van der Waals surface area contributed by atoms with Crippen LogP contribution >= 0.6 is 0 Å². The average molecular weight is 265 g/mol. The highest BCUT2D eigenvalue weighted by molar-refractivity contribution is 5.45. The average Bonchev–Trinajstić information content (AvgIpc) is 2.35. The molecule has 0 saturated carbocycles. The number of ether oxygens (including phenoxy) is 2. The topological polar surface area (TPSA) is 64.7 Å². The number of alkyl halides is 3. The molecule has 0 fully saturated rings. The minimum Gasteiger partial charge on any atom is -0.493 e. The standard InChI is InChI=1S/C11H14F3NO3/c1-17-8-4-3-7(5-9(8)18-2)10(16,6-15)11(12,13)14/h3-5,16H,6,15H2,1-2H3. The smallest absolute Gasteiger partial charge is 0.422 e. The summed E-state index contributed by atoms with van der Waals surface area (Å²) in [6, 6.07) is 3.43. The van der Waals surface area contributed by atoms with Crippen molar-refractivity contribution in [2.75, 3.05) is 20.8 Å². The molecule has 1 rings (SSSR count). The number of aliphatic hydroxyl groups is 1. The molecule has 0 bridgehead atoms. The number of nitrogens with two attached hydrogens (primary N) is 1. The van der Waals surface area contributed by atoms with Crippen LogP contribution in [0.4, 0.5) is 13.2 Å². The van der Waals surface area contributed by atoms with Gasteiger partial charge in [0.2, 0.25) is 0 Å². The Kier molecular flexibility index (Phi) is 4.08. The van der Waals surface area contributed by atoms with Crippen LogP contribution in [0.5, 0.6) is 11.5 Å². The highest BCUT2D eigenvalue weighted by Crippen LogP contribution is 2.41. The van der Waals surface area contributed by atoms with Crippen molar-refractivity contribution in [1.82, 2.24) is 0 Å². The number of rotatable bonds is 4. The third-order valence-electron chi connectivity index (χ3n) is 2.63. The first-order valence-electron chi connectivity index (χ1n) is 5.02. The first-order valence-corrected chi connectivity index (χ1v) is 5.02. The lowest BCUT2D eigenvalue weighted by atomic mass is 9.93. The Labute approximate surface area is 102 Å². The highest BCUT2D eigenvalue weighted by atomic mass is 19.4. The zero-order valence-corrected chi connectivity index (χ0v) is 9.91. The molecule has 1 atom stereocenters. The van der Waals surface area contributed by atoms with Gasteiger partial charge >= 0.3 is 6.18 Å². The fourth-order valence-corrected chi connectivity index (χ4v) is 1.49. The van der Waals surface area contributed by atoms with E-state index in [0.717, 1.165) is 12.1 Å². The van der Waals surface area contributed by atoms with Crippen LogP contribution < -0.4 is 15.2 Å². The summed E-state index contributed by atoms with van der Waals surface area (Å²) in [7, 11) is 2.65. The van der Waals surface area contributed by atoms with Gasteiger partial charge in [0, 0.05) is 6.54 Å². The molecule has 1 aromatic carbocycles. The molecule has 0 heterocycles. The van der Waals surface area contributed by atoms with Gasteiger partial charge in [-0.1, -0.05) is 6.07 Å². The number of hydrogen-bond donors (Lipinski definition) is 2. The minimum atomic E-state index is -4.87. The molecule has 0 aliphatic carbocycles. The Morgan fingerprint density at radius 1 is 1.17 bits per heavy atom. The molecule has 0 aliphatic rings. The van der Waals surface area contributed by atoms with E-state index in [1.165, 1.54) is 20.3 Å². The van der Waals surface area contributed by atoms with Gasteiger partial charge in [-0.2, -0.15) is 13.2 Å². The lowest BCUT2D eigenvalue weighted by Gasteiger charge is -2.29. The first kappa shape index (κ1) is 14.6. The Morgan fingerprint density at radius 3 is 2.11 bits per heavy atom. The van der Waals surface area contributed by atoms with E-state index in [-0.39, 0.29) is 11.5 Å². The van der Waals surface area contributed by atoms with Gasteiger partial charge < -0.3 is 20.3 Å². The lowest BCUT2D eigenvalue weighted by Crippen LogP contribution is -2.48. The van der Waals surface area contributed by atoms with Gasteiger partial charge in [-0.3, -0.25) is 0 Å². The number of hydrogen-bond acceptors (Lipinski definition) is 4. The fourth-order valence-electron chi connectivity index (χ4n) is 1.49. The maximum Gasteiger partial charge on any atom is 0.422 e. The van der Waals surface area contributed by atoms with Crippen LogP contribution in [0.1, 0.15) is 5.56 Å². The molecule has 0 amide bonds. The number of benzene rings is 1. The van der Waals surface area contributed by atoms with Crippen molar-refractivity contribution in [3.63, 3.8) is 0 Å². The molecule has 0 spiro atoms. The summed E-state index contributed by atoms with van der Waals surface area (Å²) >= 11 is 0. The van der Waals surface area contributed by atoms with Crippen molar-refractivity contribution in [1.29, 1.82) is 0 Å². The Morgan fingerprint density at radius 2 is 1.72 bits per heavy atom. The van der Waals surface area contributed by atoms with E-state index in [2.05, 4.69) is 0 Å². The summed E-state index contributed by atoms with van der Waals surface area (Å²) in [5.74, 6) is 0.355. The summed E-state index contributed by atoms with van der Waals surface area (Å²) in [5.41, 5.74) is 1.55. The maximum absolute atomic E-state index is 12.8. The second kappa shape index (κ2) is 5.03. The van der Waals surface area contributed by atoms with Crippen molar-refractivity contribution < 1.29 is 27.8 Å². The zero-order chi connectivity index (χ0) is 14.0. The molecular weight excluding hydrogens is 251 g/mol. The molecule has 18 heavy (non-hydrogen) atoms. The monoisotopic (exact) mass is 265 g/mol. The van der Waals surface area contributed by atoms with Crippen molar-refractivity contribution in [3.8, 4) is 11.5 Å². The van der Waals surface area contributed by atoms with E-state index in [9.17, 15) is 18.3 Å². The van der Waals surface area contributed by atoms with Crippen molar-refractivity contribution in [3.05, 3.63) is 23.8 Å². The molecule has 0 saturated heterocycles. The molecule has 0 aliphatic heterocycles. The highest BCUT2D eigenvalue weighted by Gasteiger charge is 2.54. The van der Waals surface area contributed by atoms with Crippen LogP contribution in [0.15, 0.2) is 18.2 Å². The minimum absolute atomic E-state index is 0.0890. The van der Waals surface area contributed by atoms with Gasteiger partial charge in [-0.15, -0.1) is 0 Å². The van der Waals surface area contributed by atoms with Gasteiger partial charge in [0.15, 0.2) is 17.1 Å². The third-order valence-corrected chi connectivity index (χ3v) is 2.63. The van der Waals surface area contributed by atoms with Gasteiger partial charge in [-0.05, 0) is 17.7 Å². The molecule has 1 aromatic rings. The molecule has 3 N–H and O–H groups in total. The summed E-state index contributed by atoms with van der Waals surface area (Å²) in [6.45, 7) is -0.980. The quantitative estimate of drug-likeness (QED) is 0.864. The van der Waals surface area contributed by atoms with Crippen molar-refractivity contribution in [2.45, 2.75) is 11.8 Å². The van der Waals surface area contributed by atoms with Crippen molar-refractivity contribution >= 4 is 0 Å². The first-order chi connectivity index (χ1) is 8.30. The molecule has 7 heteroatoms. The van der Waals surface area contributed by atoms with Gasteiger partial charge in [0.1, 0.15) is 0 Å². The maximum atomic E-state index is 12.8. The molecule has 0 aromatic heterocycles. The van der Waals surface area contributed by atoms with Crippen molar-refractivity contribution in [2.24, 2.45) is 5.73 Å². The summed E-state index contributed by atoms with van der Waals surface area (Å²) in [4.78, 5) is 0. The second-order valence-corrected chi connectivity index (χ2v) is 3.63. The third kappa shape index (κ3) is 2.37. The summed E-state index contributed by atoms with van der Waals surface area (Å²) in [6.07, 6.45) is -4.87. The second-order valence-electron chi connectivity index (χ2n) is 3.63. The molecule has 4 nitrogen and oxygen atoms in total. The van der Waals surface area contributed by atoms with Crippen LogP contribution in [0.2, 0.25) is 0 Å². The van der Waals surface area contributed by atoms with Crippen LogP contribution in [-0.2, 0) is 5.60 Å². The Hall–Kier alpha value is -1.47. The molecule has 0 radical (unpaired) electrons. The van der Waals surface area contributed by atoms with Gasteiger partial charge in [-0.25, -0.2) is 0 Å². The molecule has 1 unspecified atom stereocenters. The van der Waals surface area contributed by atoms with Gasteiger partial charge in [0.05, 0.1) is 14.2 Å². The summed E-state index contributed by atoms with van der Waals surface area (Å²) in [5, 5.41) is 9.67. The lowest BCUT2D eigenvalue weighted by molar-refractivity contribution is -0.262. The number of methoxy groups -OCH3 is 2. The van der Waals surface area contributed by atoms with E-state index < -0.39 is 23.9 Å². The summed E-state index contributed by atoms with van der Waals surface area (Å²) < 4.78 is 48.2. The van der Waals surface area contributed by atoms with E-state index in [1.54, 1.807) is 0 Å². The number of halogens is 3. The normalized spacial score (nSPS) is 15.1. The Bertz CT molecular complexity index is 422. The van der Waals surface area contributed by atoms with Crippen LogP contribution in [-0.4, -0.2) is 32.0 Å². The SMILES string of the molecule is COc1ccc(C(O)(CN)C(F)(F)F)cc1OC. The molecular formula is C11H14F3NO3. The zero-order valence-electron chi connectivity index (χ0n) is 9.91. The van der Waals surface area contributed by atoms with Crippen LogP contribution in [0.25, 0.3) is 0 Å². The predicted octanol–water partition coefficient (Wildman–Crippen LogP) is 1.41. The largest absolute Gasteiger partial charge is 0.493 e. The van der Waals surface area contributed by atoms with E-state index in [1.807, 2.05) is 0 Å².